The third kappa shape index (κ3) is 4.60. The Labute approximate surface area is 163 Å². The van der Waals surface area contributed by atoms with Crippen LogP contribution in [0.5, 0.6) is 0 Å². The minimum Gasteiger partial charge on any atom is -0.467 e. The number of hydrogen-bond acceptors (Lipinski definition) is 6. The summed E-state index contributed by atoms with van der Waals surface area (Å²) in [4.78, 5) is 24.1. The predicted octanol–water partition coefficient (Wildman–Crippen LogP) is 2.10. The molecule has 9 heteroatoms. The lowest BCUT2D eigenvalue weighted by atomic mass is 10.2. The molecule has 0 unspecified atom stereocenters. The minimum atomic E-state index is -3.53. The number of carbonyl (C=O) groups is 2. The molecule has 1 aliphatic heterocycles. The summed E-state index contributed by atoms with van der Waals surface area (Å²) in [6.07, 6.45) is 3.21. The summed E-state index contributed by atoms with van der Waals surface area (Å²) < 4.78 is 36.6. The molecule has 28 heavy (non-hydrogen) atoms. The van der Waals surface area contributed by atoms with Gasteiger partial charge in [0.2, 0.25) is 10.0 Å². The number of hydrogen-bond donors (Lipinski definition) is 1. The molecule has 2 heterocycles. The maximum atomic E-state index is 12.5. The molecule has 3 rings (SSSR count). The van der Waals surface area contributed by atoms with Crippen molar-refractivity contribution in [2.75, 3.05) is 19.7 Å². The van der Waals surface area contributed by atoms with Crippen molar-refractivity contribution in [2.24, 2.45) is 0 Å². The van der Waals surface area contributed by atoms with Crippen LogP contribution in [0.1, 0.15) is 41.9 Å². The van der Waals surface area contributed by atoms with Crippen LogP contribution in [0, 0.1) is 0 Å². The van der Waals surface area contributed by atoms with Gasteiger partial charge < -0.3 is 14.5 Å². The number of carbonyl (C=O) groups excluding carboxylic acids is 2. The van der Waals surface area contributed by atoms with Gasteiger partial charge in [-0.25, -0.2) is 13.2 Å². The van der Waals surface area contributed by atoms with Crippen molar-refractivity contribution < 1.29 is 27.2 Å². The van der Waals surface area contributed by atoms with Gasteiger partial charge in [-0.05, 0) is 56.2 Å². The van der Waals surface area contributed by atoms with Crippen molar-refractivity contribution >= 4 is 21.9 Å². The van der Waals surface area contributed by atoms with Crippen LogP contribution in [0.25, 0.3) is 0 Å². The summed E-state index contributed by atoms with van der Waals surface area (Å²) in [5, 5.41) is 2.65. The third-order valence-electron chi connectivity index (χ3n) is 4.47. The zero-order valence-electron chi connectivity index (χ0n) is 15.5. The lowest BCUT2D eigenvalue weighted by molar-refractivity contribution is -0.125. The quantitative estimate of drug-likeness (QED) is 0.706. The summed E-state index contributed by atoms with van der Waals surface area (Å²) in [5.41, 5.74) is 0.173. The first kappa shape index (κ1) is 20.1. The van der Waals surface area contributed by atoms with Gasteiger partial charge in [-0.1, -0.05) is 0 Å². The zero-order valence-corrected chi connectivity index (χ0v) is 16.3. The summed E-state index contributed by atoms with van der Waals surface area (Å²) >= 11 is 0. The first-order valence-corrected chi connectivity index (χ1v) is 10.4. The Morgan fingerprint density at radius 3 is 2.46 bits per heavy atom. The van der Waals surface area contributed by atoms with E-state index in [1.807, 2.05) is 0 Å². The smallest absolute Gasteiger partial charge is 0.338 e. The van der Waals surface area contributed by atoms with Gasteiger partial charge in [-0.15, -0.1) is 0 Å². The number of benzene rings is 1. The molecule has 1 amide bonds. The van der Waals surface area contributed by atoms with E-state index in [0.29, 0.717) is 18.8 Å². The molecule has 1 N–H and O–H groups in total. The Kier molecular flexibility index (Phi) is 6.15. The number of nitrogens with one attached hydrogen (secondary N) is 1. The van der Waals surface area contributed by atoms with Crippen LogP contribution < -0.4 is 5.32 Å². The molecule has 2 aromatic rings. The van der Waals surface area contributed by atoms with Crippen LogP contribution in [0.3, 0.4) is 0 Å². The van der Waals surface area contributed by atoms with Gasteiger partial charge in [-0.3, -0.25) is 4.79 Å². The van der Waals surface area contributed by atoms with Gasteiger partial charge in [0, 0.05) is 13.1 Å². The summed E-state index contributed by atoms with van der Waals surface area (Å²) in [7, 11) is -3.53. The number of amides is 1. The minimum absolute atomic E-state index is 0.135. The molecule has 0 aliphatic carbocycles. The first-order valence-electron chi connectivity index (χ1n) is 8.98. The SMILES string of the molecule is C[C@@H](NC(=O)COC(=O)c1ccc(S(=O)(=O)N2CCCC2)cc1)c1ccco1. The standard InChI is InChI=1S/C19H22N2O6S/c1-14(17-5-4-12-26-17)20-18(22)13-27-19(23)15-6-8-16(9-7-15)28(24,25)21-10-2-3-11-21/h4-9,12,14H,2-3,10-11,13H2,1H3,(H,20,22)/t14-/m1/s1. The van der Waals surface area contributed by atoms with Gasteiger partial charge in [0.15, 0.2) is 6.61 Å². The molecule has 0 saturated carbocycles. The number of furan rings is 1. The largest absolute Gasteiger partial charge is 0.467 e. The lowest BCUT2D eigenvalue weighted by Gasteiger charge is -2.15. The van der Waals surface area contributed by atoms with Crippen LogP contribution in [0.2, 0.25) is 0 Å². The van der Waals surface area contributed by atoms with E-state index in [1.165, 1.54) is 34.8 Å². The average Bonchev–Trinajstić information content (AvgIpc) is 3.40. The molecule has 1 atom stereocenters. The highest BCUT2D eigenvalue weighted by atomic mass is 32.2. The second-order valence-corrected chi connectivity index (χ2v) is 8.45. The Morgan fingerprint density at radius 2 is 1.86 bits per heavy atom. The van der Waals surface area contributed by atoms with Crippen molar-refractivity contribution in [1.29, 1.82) is 0 Å². The fraction of sp³-hybridized carbons (Fsp3) is 0.368. The van der Waals surface area contributed by atoms with Crippen molar-refractivity contribution in [2.45, 2.75) is 30.7 Å². The summed E-state index contributed by atoms with van der Waals surface area (Å²) in [5.74, 6) is -0.578. The topological polar surface area (TPSA) is 106 Å². The molecule has 1 saturated heterocycles. The molecule has 1 aromatic heterocycles. The van der Waals surface area contributed by atoms with Crippen LogP contribution in [0.4, 0.5) is 0 Å². The monoisotopic (exact) mass is 406 g/mol. The normalized spacial score (nSPS) is 15.9. The number of rotatable bonds is 7. The van der Waals surface area contributed by atoms with Crippen molar-refractivity contribution in [3.05, 3.63) is 54.0 Å². The van der Waals surface area contributed by atoms with Crippen LogP contribution in [-0.2, 0) is 19.6 Å². The molecular weight excluding hydrogens is 384 g/mol. The Morgan fingerprint density at radius 1 is 1.18 bits per heavy atom. The van der Waals surface area contributed by atoms with E-state index < -0.39 is 28.5 Å². The van der Waals surface area contributed by atoms with Crippen molar-refractivity contribution in [3.63, 3.8) is 0 Å². The van der Waals surface area contributed by atoms with E-state index in [-0.39, 0.29) is 16.5 Å². The van der Waals surface area contributed by atoms with E-state index in [4.69, 9.17) is 9.15 Å². The maximum Gasteiger partial charge on any atom is 0.338 e. The molecule has 0 spiro atoms. The average molecular weight is 406 g/mol. The van der Waals surface area contributed by atoms with Crippen LogP contribution in [-0.4, -0.2) is 44.3 Å². The Balaban J connectivity index is 1.54. The first-order chi connectivity index (χ1) is 13.4. The number of ether oxygens (including phenoxy) is 1. The van der Waals surface area contributed by atoms with E-state index in [9.17, 15) is 18.0 Å². The van der Waals surface area contributed by atoms with Crippen molar-refractivity contribution in [3.8, 4) is 0 Å². The maximum absolute atomic E-state index is 12.5. The van der Waals surface area contributed by atoms with Gasteiger partial charge in [0.25, 0.3) is 5.91 Å². The highest BCUT2D eigenvalue weighted by molar-refractivity contribution is 7.89. The number of esters is 1. The van der Waals surface area contributed by atoms with E-state index >= 15 is 0 Å². The highest BCUT2D eigenvalue weighted by Gasteiger charge is 2.27. The Hall–Kier alpha value is -2.65. The molecule has 8 nitrogen and oxygen atoms in total. The van der Waals surface area contributed by atoms with Crippen molar-refractivity contribution in [1.82, 2.24) is 9.62 Å². The summed E-state index contributed by atoms with van der Waals surface area (Å²) in [6, 6.07) is 8.62. The van der Waals surface area contributed by atoms with Crippen LogP contribution in [0.15, 0.2) is 52.0 Å². The number of nitrogens with zero attached hydrogens (tertiary/aromatic N) is 1. The second-order valence-electron chi connectivity index (χ2n) is 6.52. The van der Waals surface area contributed by atoms with Gasteiger partial charge in [-0.2, -0.15) is 4.31 Å². The van der Waals surface area contributed by atoms with Crippen LogP contribution >= 0.6 is 0 Å². The second kappa shape index (κ2) is 8.57. The third-order valence-corrected chi connectivity index (χ3v) is 6.39. The van der Waals surface area contributed by atoms with E-state index in [1.54, 1.807) is 19.1 Å². The molecule has 0 radical (unpaired) electrons. The highest BCUT2D eigenvalue weighted by Crippen LogP contribution is 2.21. The fourth-order valence-corrected chi connectivity index (χ4v) is 4.46. The fourth-order valence-electron chi connectivity index (χ4n) is 2.95. The van der Waals surface area contributed by atoms with E-state index in [0.717, 1.165) is 12.8 Å². The summed E-state index contributed by atoms with van der Waals surface area (Å²) in [6.45, 7) is 2.32. The molecule has 1 fully saturated rings. The predicted molar refractivity (Wildman–Crippen MR) is 100.0 cm³/mol. The van der Waals surface area contributed by atoms with Gasteiger partial charge in [0.1, 0.15) is 5.76 Å². The molecular formula is C19H22N2O6S. The zero-order chi connectivity index (χ0) is 20.1. The van der Waals surface area contributed by atoms with Gasteiger partial charge >= 0.3 is 5.97 Å². The molecule has 150 valence electrons. The molecule has 1 aromatic carbocycles. The Bertz CT molecular complexity index is 916. The van der Waals surface area contributed by atoms with E-state index in [2.05, 4.69) is 5.32 Å². The van der Waals surface area contributed by atoms with Gasteiger partial charge in [0.05, 0.1) is 22.8 Å². The molecule has 1 aliphatic rings. The number of sulfonamides is 1. The molecule has 0 bridgehead atoms. The lowest BCUT2D eigenvalue weighted by Crippen LogP contribution is -2.31.